The van der Waals surface area contributed by atoms with E-state index in [2.05, 4.69) is 4.90 Å². The molecule has 0 aromatic heterocycles. The molecule has 3 nitrogen and oxygen atoms in total. The SMILES string of the molecule is Cl.N#Cc1ccc(C(=O)CN2CCCC2)cc1. The number of likely N-dealkylation sites (tertiary alicyclic amines) is 1. The fraction of sp³-hybridized carbons (Fsp3) is 0.385. The van der Waals surface area contributed by atoms with Crippen molar-refractivity contribution in [2.24, 2.45) is 0 Å². The van der Waals surface area contributed by atoms with Crippen LogP contribution in [0.1, 0.15) is 28.8 Å². The molecule has 90 valence electrons. The third kappa shape index (κ3) is 3.55. The van der Waals surface area contributed by atoms with Crippen LogP contribution in [0.3, 0.4) is 0 Å². The number of benzene rings is 1. The van der Waals surface area contributed by atoms with Crippen LogP contribution in [0.2, 0.25) is 0 Å². The van der Waals surface area contributed by atoms with E-state index < -0.39 is 0 Å². The quantitative estimate of drug-likeness (QED) is 0.773. The number of hydrogen-bond donors (Lipinski definition) is 0. The highest BCUT2D eigenvalue weighted by atomic mass is 35.5. The maximum atomic E-state index is 11.9. The number of nitrogens with zero attached hydrogens (tertiary/aromatic N) is 2. The average molecular weight is 251 g/mol. The minimum Gasteiger partial charge on any atom is -0.296 e. The molecule has 1 saturated heterocycles. The van der Waals surface area contributed by atoms with Crippen LogP contribution in [-0.4, -0.2) is 30.3 Å². The number of carbonyl (C=O) groups is 1. The van der Waals surface area contributed by atoms with Gasteiger partial charge in [-0.15, -0.1) is 12.4 Å². The number of Topliss-reactive ketones (excluding diaryl/α,β-unsaturated/α-hetero) is 1. The largest absolute Gasteiger partial charge is 0.296 e. The minimum absolute atomic E-state index is 0. The van der Waals surface area contributed by atoms with E-state index in [1.54, 1.807) is 24.3 Å². The van der Waals surface area contributed by atoms with Crippen molar-refractivity contribution in [3.05, 3.63) is 35.4 Å². The Morgan fingerprint density at radius 3 is 2.35 bits per heavy atom. The van der Waals surface area contributed by atoms with Gasteiger partial charge in [0.05, 0.1) is 18.2 Å². The molecule has 4 heteroatoms. The van der Waals surface area contributed by atoms with Crippen LogP contribution in [-0.2, 0) is 0 Å². The lowest BCUT2D eigenvalue weighted by Gasteiger charge is -2.12. The van der Waals surface area contributed by atoms with Gasteiger partial charge in [-0.2, -0.15) is 5.26 Å². The Morgan fingerprint density at radius 1 is 1.24 bits per heavy atom. The Labute approximate surface area is 107 Å². The topological polar surface area (TPSA) is 44.1 Å². The maximum absolute atomic E-state index is 11.9. The Hall–Kier alpha value is -1.37. The molecule has 1 heterocycles. The first-order chi connectivity index (χ1) is 7.79. The van der Waals surface area contributed by atoms with Gasteiger partial charge in [0.1, 0.15) is 0 Å². The van der Waals surface area contributed by atoms with Gasteiger partial charge in [0.15, 0.2) is 5.78 Å². The molecule has 2 rings (SSSR count). The van der Waals surface area contributed by atoms with E-state index in [4.69, 9.17) is 5.26 Å². The second kappa shape index (κ2) is 6.39. The summed E-state index contributed by atoms with van der Waals surface area (Å²) in [4.78, 5) is 14.1. The molecular weight excluding hydrogens is 236 g/mol. The normalized spacial score (nSPS) is 15.0. The Morgan fingerprint density at radius 2 is 1.82 bits per heavy atom. The van der Waals surface area contributed by atoms with E-state index in [1.165, 1.54) is 12.8 Å². The molecule has 0 saturated carbocycles. The van der Waals surface area contributed by atoms with Gasteiger partial charge in [-0.05, 0) is 38.1 Å². The van der Waals surface area contributed by atoms with Gasteiger partial charge < -0.3 is 0 Å². The maximum Gasteiger partial charge on any atom is 0.176 e. The molecule has 0 amide bonds. The summed E-state index contributed by atoms with van der Waals surface area (Å²) < 4.78 is 0. The first kappa shape index (κ1) is 13.7. The Kier molecular flexibility index (Phi) is 5.14. The van der Waals surface area contributed by atoms with Crippen molar-refractivity contribution in [2.45, 2.75) is 12.8 Å². The summed E-state index contributed by atoms with van der Waals surface area (Å²) in [5.74, 6) is 0.145. The zero-order chi connectivity index (χ0) is 11.4. The number of rotatable bonds is 3. The van der Waals surface area contributed by atoms with Crippen LogP contribution in [0, 0.1) is 11.3 Å². The molecule has 1 aliphatic heterocycles. The molecule has 17 heavy (non-hydrogen) atoms. The summed E-state index contributed by atoms with van der Waals surface area (Å²) >= 11 is 0. The van der Waals surface area contributed by atoms with Crippen molar-refractivity contribution in [1.82, 2.24) is 4.90 Å². The van der Waals surface area contributed by atoms with Crippen molar-refractivity contribution in [2.75, 3.05) is 19.6 Å². The zero-order valence-corrected chi connectivity index (χ0v) is 10.4. The highest BCUT2D eigenvalue weighted by molar-refractivity contribution is 5.97. The summed E-state index contributed by atoms with van der Waals surface area (Å²) in [6.45, 7) is 2.57. The highest BCUT2D eigenvalue weighted by Gasteiger charge is 2.15. The standard InChI is InChI=1S/C13H14N2O.ClH/c14-9-11-3-5-12(6-4-11)13(16)10-15-7-1-2-8-15;/h3-6H,1-2,7-8,10H2;1H. The number of nitriles is 1. The molecule has 0 unspecified atom stereocenters. The van der Waals surface area contributed by atoms with E-state index in [9.17, 15) is 4.79 Å². The van der Waals surface area contributed by atoms with E-state index in [1.807, 2.05) is 6.07 Å². The smallest absolute Gasteiger partial charge is 0.176 e. The molecule has 0 aliphatic carbocycles. The second-order valence-corrected chi connectivity index (χ2v) is 4.10. The lowest BCUT2D eigenvalue weighted by molar-refractivity contribution is 0.0945. The number of ketones is 1. The molecule has 0 spiro atoms. The molecule has 1 aromatic carbocycles. The van der Waals surface area contributed by atoms with E-state index >= 15 is 0 Å². The van der Waals surface area contributed by atoms with Gasteiger partial charge in [0, 0.05) is 5.56 Å². The van der Waals surface area contributed by atoms with Crippen LogP contribution in [0.4, 0.5) is 0 Å². The van der Waals surface area contributed by atoms with E-state index in [0.29, 0.717) is 17.7 Å². The van der Waals surface area contributed by atoms with Crippen molar-refractivity contribution < 1.29 is 4.79 Å². The Balaban J connectivity index is 0.00000144. The fourth-order valence-electron chi connectivity index (χ4n) is 1.97. The lowest BCUT2D eigenvalue weighted by atomic mass is 10.1. The average Bonchev–Trinajstić information content (AvgIpc) is 2.82. The number of halogens is 1. The van der Waals surface area contributed by atoms with Gasteiger partial charge in [-0.3, -0.25) is 9.69 Å². The monoisotopic (exact) mass is 250 g/mol. The molecule has 1 aromatic rings. The van der Waals surface area contributed by atoms with Crippen molar-refractivity contribution in [3.63, 3.8) is 0 Å². The third-order valence-corrected chi connectivity index (χ3v) is 2.90. The first-order valence-electron chi connectivity index (χ1n) is 5.55. The van der Waals surface area contributed by atoms with Gasteiger partial charge in [-0.25, -0.2) is 0 Å². The fourth-order valence-corrected chi connectivity index (χ4v) is 1.97. The molecule has 0 N–H and O–H groups in total. The summed E-state index contributed by atoms with van der Waals surface area (Å²) in [5, 5.41) is 8.65. The van der Waals surface area contributed by atoms with Crippen LogP contribution in [0.25, 0.3) is 0 Å². The van der Waals surface area contributed by atoms with Crippen molar-refractivity contribution >= 4 is 18.2 Å². The molecule has 1 aliphatic rings. The molecule has 0 atom stereocenters. The summed E-state index contributed by atoms with van der Waals surface area (Å²) in [6.07, 6.45) is 2.39. The predicted molar refractivity (Wildman–Crippen MR) is 68.4 cm³/mol. The zero-order valence-electron chi connectivity index (χ0n) is 9.56. The molecule has 1 fully saturated rings. The molecule has 0 bridgehead atoms. The highest BCUT2D eigenvalue weighted by Crippen LogP contribution is 2.10. The second-order valence-electron chi connectivity index (χ2n) is 4.10. The van der Waals surface area contributed by atoms with Gasteiger partial charge in [0.25, 0.3) is 0 Å². The third-order valence-electron chi connectivity index (χ3n) is 2.90. The van der Waals surface area contributed by atoms with Gasteiger partial charge >= 0.3 is 0 Å². The minimum atomic E-state index is 0. The lowest BCUT2D eigenvalue weighted by Crippen LogP contribution is -2.26. The summed E-state index contributed by atoms with van der Waals surface area (Å²) in [5.41, 5.74) is 1.30. The summed E-state index contributed by atoms with van der Waals surface area (Å²) in [7, 11) is 0. The van der Waals surface area contributed by atoms with E-state index in [-0.39, 0.29) is 18.2 Å². The number of hydrogen-bond acceptors (Lipinski definition) is 3. The van der Waals surface area contributed by atoms with Crippen molar-refractivity contribution in [3.8, 4) is 6.07 Å². The van der Waals surface area contributed by atoms with Crippen LogP contribution >= 0.6 is 12.4 Å². The van der Waals surface area contributed by atoms with Crippen LogP contribution < -0.4 is 0 Å². The molecular formula is C13H15ClN2O. The number of carbonyl (C=O) groups excluding carboxylic acids is 1. The van der Waals surface area contributed by atoms with E-state index in [0.717, 1.165) is 13.1 Å². The summed E-state index contributed by atoms with van der Waals surface area (Å²) in [6, 6.07) is 8.89. The van der Waals surface area contributed by atoms with Crippen LogP contribution in [0.15, 0.2) is 24.3 Å². The van der Waals surface area contributed by atoms with Crippen LogP contribution in [0.5, 0.6) is 0 Å². The molecule has 0 radical (unpaired) electrons. The Bertz CT molecular complexity index is 416. The van der Waals surface area contributed by atoms with Gasteiger partial charge in [0.2, 0.25) is 0 Å². The first-order valence-corrected chi connectivity index (χ1v) is 5.55. The predicted octanol–water partition coefficient (Wildman–Crippen LogP) is 2.26. The van der Waals surface area contributed by atoms with Crippen molar-refractivity contribution in [1.29, 1.82) is 5.26 Å². The van der Waals surface area contributed by atoms with Gasteiger partial charge in [-0.1, -0.05) is 12.1 Å².